The van der Waals surface area contributed by atoms with Crippen molar-refractivity contribution in [2.24, 2.45) is 14.1 Å². The zero-order valence-electron chi connectivity index (χ0n) is 19.4. The number of piperazine rings is 1. The molecule has 0 N–H and O–H groups in total. The molecule has 1 aliphatic rings. The third-order valence-corrected chi connectivity index (χ3v) is 7.17. The van der Waals surface area contributed by atoms with E-state index in [1.54, 1.807) is 7.05 Å². The minimum absolute atomic E-state index is 0.321. The fourth-order valence-electron chi connectivity index (χ4n) is 4.80. The van der Waals surface area contributed by atoms with E-state index in [9.17, 15) is 9.59 Å². The molecular formula is C23H28ClN7O2. The Labute approximate surface area is 196 Å². The van der Waals surface area contributed by atoms with Crippen molar-refractivity contribution in [3.05, 3.63) is 61.5 Å². The molecule has 0 unspecified atom stereocenters. The van der Waals surface area contributed by atoms with Gasteiger partial charge in [0, 0.05) is 75.5 Å². The summed E-state index contributed by atoms with van der Waals surface area (Å²) in [4.78, 5) is 34.8. The van der Waals surface area contributed by atoms with E-state index < -0.39 is 0 Å². The second kappa shape index (κ2) is 8.07. The Kier molecular flexibility index (Phi) is 5.33. The highest BCUT2D eigenvalue weighted by atomic mass is 35.5. The van der Waals surface area contributed by atoms with Crippen LogP contribution in [-0.4, -0.2) is 60.7 Å². The maximum atomic E-state index is 12.9. The average Bonchev–Trinajstić information content (AvgIpc) is 3.31. The quantitative estimate of drug-likeness (QED) is 0.455. The molecule has 33 heavy (non-hydrogen) atoms. The highest BCUT2D eigenvalue weighted by molar-refractivity contribution is 6.30. The zero-order valence-corrected chi connectivity index (χ0v) is 20.1. The minimum atomic E-state index is -0.369. The van der Waals surface area contributed by atoms with Gasteiger partial charge in [0.15, 0.2) is 11.2 Å². The van der Waals surface area contributed by atoms with Crippen molar-refractivity contribution in [2.75, 3.05) is 37.6 Å². The molecule has 0 bridgehead atoms. The fraction of sp³-hybridized carbons (Fsp3) is 0.435. The van der Waals surface area contributed by atoms with Crippen molar-refractivity contribution >= 4 is 34.2 Å². The molecule has 10 heteroatoms. The van der Waals surface area contributed by atoms with Gasteiger partial charge in [-0.05, 0) is 32.0 Å². The number of nitrogens with zero attached hydrogens (tertiary/aromatic N) is 7. The molecule has 1 aliphatic heterocycles. The topological polar surface area (TPSA) is 72.7 Å². The molecule has 0 atom stereocenters. The molecule has 0 amide bonds. The lowest BCUT2D eigenvalue weighted by Crippen LogP contribution is -2.47. The van der Waals surface area contributed by atoms with Gasteiger partial charge in [0.25, 0.3) is 5.56 Å². The Morgan fingerprint density at radius 1 is 0.970 bits per heavy atom. The molecule has 0 radical (unpaired) electrons. The Bertz CT molecular complexity index is 1490. The molecule has 1 aromatic carbocycles. The number of hydrogen-bond donors (Lipinski definition) is 0. The van der Waals surface area contributed by atoms with Crippen LogP contribution in [0.1, 0.15) is 11.4 Å². The molecule has 0 spiro atoms. The van der Waals surface area contributed by atoms with Gasteiger partial charge in [-0.2, -0.15) is 4.98 Å². The lowest BCUT2D eigenvalue weighted by Gasteiger charge is -2.36. The summed E-state index contributed by atoms with van der Waals surface area (Å²) in [7, 11) is 3.16. The molecule has 1 fully saturated rings. The van der Waals surface area contributed by atoms with Gasteiger partial charge in [0.1, 0.15) is 0 Å². The highest BCUT2D eigenvalue weighted by Gasteiger charge is 2.23. The van der Waals surface area contributed by atoms with E-state index in [1.165, 1.54) is 11.6 Å². The van der Waals surface area contributed by atoms with E-state index in [4.69, 9.17) is 16.6 Å². The standard InChI is InChI=1S/C23H28ClN7O2/c1-15-16(2)31-19-20(26(3)23(33)27(4)21(19)32)25-22(31)30(15)13-10-28-8-11-29(12-9-28)18-7-5-6-17(24)14-18/h5-7,14H,8-13H2,1-4H3. The second-order valence-corrected chi connectivity index (χ2v) is 9.19. The molecule has 0 aliphatic carbocycles. The van der Waals surface area contributed by atoms with Crippen molar-refractivity contribution in [1.29, 1.82) is 0 Å². The first-order valence-corrected chi connectivity index (χ1v) is 11.5. The average molecular weight is 470 g/mol. The fourth-order valence-corrected chi connectivity index (χ4v) is 4.99. The largest absolute Gasteiger partial charge is 0.369 e. The van der Waals surface area contributed by atoms with E-state index in [0.717, 1.165) is 65.9 Å². The molecule has 3 aromatic heterocycles. The Morgan fingerprint density at radius 2 is 1.70 bits per heavy atom. The first-order valence-electron chi connectivity index (χ1n) is 11.1. The molecule has 0 saturated carbocycles. The first-order chi connectivity index (χ1) is 15.8. The maximum Gasteiger partial charge on any atom is 0.332 e. The summed E-state index contributed by atoms with van der Waals surface area (Å²) in [6.07, 6.45) is 0. The number of hydrogen-bond acceptors (Lipinski definition) is 5. The van der Waals surface area contributed by atoms with Crippen LogP contribution in [-0.2, 0) is 20.6 Å². The Morgan fingerprint density at radius 3 is 2.39 bits per heavy atom. The normalized spacial score (nSPS) is 15.2. The monoisotopic (exact) mass is 469 g/mol. The smallest absolute Gasteiger partial charge is 0.332 e. The molecule has 4 heterocycles. The van der Waals surface area contributed by atoms with Gasteiger partial charge in [-0.15, -0.1) is 0 Å². The number of anilines is 1. The third kappa shape index (κ3) is 3.46. The van der Waals surface area contributed by atoms with Crippen LogP contribution in [0.4, 0.5) is 5.69 Å². The van der Waals surface area contributed by atoms with Gasteiger partial charge in [0.05, 0.1) is 0 Å². The van der Waals surface area contributed by atoms with E-state index in [1.807, 2.05) is 29.5 Å². The van der Waals surface area contributed by atoms with E-state index in [2.05, 4.69) is 27.4 Å². The number of rotatable bonds is 4. The van der Waals surface area contributed by atoms with Crippen LogP contribution in [0.15, 0.2) is 33.9 Å². The van der Waals surface area contributed by atoms with Crippen LogP contribution in [0, 0.1) is 13.8 Å². The Hall–Kier alpha value is -3.04. The van der Waals surface area contributed by atoms with Crippen molar-refractivity contribution < 1.29 is 0 Å². The van der Waals surface area contributed by atoms with Crippen LogP contribution < -0.4 is 16.1 Å². The van der Waals surface area contributed by atoms with Gasteiger partial charge in [-0.3, -0.25) is 23.2 Å². The third-order valence-electron chi connectivity index (χ3n) is 6.93. The molecular weight excluding hydrogens is 442 g/mol. The lowest BCUT2D eigenvalue weighted by atomic mass is 10.2. The molecule has 9 nitrogen and oxygen atoms in total. The first kappa shape index (κ1) is 21.8. The summed E-state index contributed by atoms with van der Waals surface area (Å²) in [5, 5.41) is 0.761. The number of benzene rings is 1. The van der Waals surface area contributed by atoms with Crippen LogP contribution >= 0.6 is 11.6 Å². The van der Waals surface area contributed by atoms with Crippen molar-refractivity contribution in [1.82, 2.24) is 28.0 Å². The van der Waals surface area contributed by atoms with E-state index >= 15 is 0 Å². The summed E-state index contributed by atoms with van der Waals surface area (Å²) < 4.78 is 6.63. The predicted molar refractivity (Wildman–Crippen MR) is 131 cm³/mol. The van der Waals surface area contributed by atoms with E-state index in [0.29, 0.717) is 16.9 Å². The molecule has 5 rings (SSSR count). The van der Waals surface area contributed by atoms with Crippen molar-refractivity contribution in [3.63, 3.8) is 0 Å². The van der Waals surface area contributed by atoms with Crippen LogP contribution in [0.3, 0.4) is 0 Å². The second-order valence-electron chi connectivity index (χ2n) is 8.76. The van der Waals surface area contributed by atoms with Gasteiger partial charge >= 0.3 is 5.69 Å². The number of aryl methyl sites for hydroxylation is 2. The predicted octanol–water partition coefficient (Wildman–Crippen LogP) is 1.78. The minimum Gasteiger partial charge on any atom is -0.369 e. The zero-order chi connectivity index (χ0) is 23.4. The van der Waals surface area contributed by atoms with Gasteiger partial charge < -0.3 is 9.47 Å². The van der Waals surface area contributed by atoms with Crippen LogP contribution in [0.5, 0.6) is 0 Å². The number of imidazole rings is 2. The number of halogens is 1. The van der Waals surface area contributed by atoms with Crippen molar-refractivity contribution in [2.45, 2.75) is 20.4 Å². The van der Waals surface area contributed by atoms with E-state index in [-0.39, 0.29) is 11.2 Å². The van der Waals surface area contributed by atoms with Crippen LogP contribution in [0.2, 0.25) is 5.02 Å². The molecule has 1 saturated heterocycles. The van der Waals surface area contributed by atoms with Crippen molar-refractivity contribution in [3.8, 4) is 0 Å². The summed E-state index contributed by atoms with van der Waals surface area (Å²) >= 11 is 6.15. The number of aromatic nitrogens is 5. The van der Waals surface area contributed by atoms with Gasteiger partial charge in [-0.25, -0.2) is 4.79 Å². The van der Waals surface area contributed by atoms with Gasteiger partial charge in [0.2, 0.25) is 5.78 Å². The van der Waals surface area contributed by atoms with Crippen LogP contribution in [0.25, 0.3) is 16.9 Å². The number of fused-ring (bicyclic) bond motifs is 3. The summed E-state index contributed by atoms with van der Waals surface area (Å²) in [6, 6.07) is 8.01. The SMILES string of the molecule is Cc1c(C)n2c3c(=O)n(C)c(=O)n(C)c3nc2n1CCN1CCN(c2cccc(Cl)c2)CC1. The maximum absolute atomic E-state index is 12.9. The highest BCUT2D eigenvalue weighted by Crippen LogP contribution is 2.22. The summed E-state index contributed by atoms with van der Waals surface area (Å²) in [5.41, 5.74) is 3.39. The lowest BCUT2D eigenvalue weighted by molar-refractivity contribution is 0.248. The molecule has 174 valence electrons. The van der Waals surface area contributed by atoms with Gasteiger partial charge in [-0.1, -0.05) is 17.7 Å². The summed E-state index contributed by atoms with van der Waals surface area (Å²) in [5.74, 6) is 0.705. The Balaban J connectivity index is 1.39. The summed E-state index contributed by atoms with van der Waals surface area (Å²) in [6.45, 7) is 9.52. The molecule has 4 aromatic rings.